The summed E-state index contributed by atoms with van der Waals surface area (Å²) < 4.78 is 5.14. The standard InChI is InChI=1S/C16H22O3/c1-3-14(15(17)19-4-2)16(18,13-10-11-13)12-8-6-5-7-9-12/h5-9,13-14,18H,3-4,10-11H2,1-2H3. The van der Waals surface area contributed by atoms with E-state index in [-0.39, 0.29) is 11.9 Å². The van der Waals surface area contributed by atoms with Gasteiger partial charge in [-0.1, -0.05) is 37.3 Å². The molecule has 0 spiro atoms. The lowest BCUT2D eigenvalue weighted by molar-refractivity contribution is -0.162. The van der Waals surface area contributed by atoms with Gasteiger partial charge in [0.1, 0.15) is 5.60 Å². The number of hydrogen-bond acceptors (Lipinski definition) is 3. The van der Waals surface area contributed by atoms with Crippen LogP contribution in [0.25, 0.3) is 0 Å². The molecule has 1 fully saturated rings. The van der Waals surface area contributed by atoms with Crippen LogP contribution in [0.3, 0.4) is 0 Å². The first-order valence-corrected chi connectivity index (χ1v) is 7.09. The Morgan fingerprint density at radius 1 is 1.37 bits per heavy atom. The average Bonchev–Trinajstić information content (AvgIpc) is 3.25. The molecule has 0 bridgehead atoms. The number of hydrogen-bond donors (Lipinski definition) is 1. The van der Waals surface area contributed by atoms with E-state index in [0.717, 1.165) is 18.4 Å². The molecule has 0 aliphatic heterocycles. The van der Waals surface area contributed by atoms with Gasteiger partial charge >= 0.3 is 5.97 Å². The molecule has 104 valence electrons. The van der Waals surface area contributed by atoms with E-state index < -0.39 is 11.5 Å². The van der Waals surface area contributed by atoms with Crippen LogP contribution >= 0.6 is 0 Å². The van der Waals surface area contributed by atoms with Crippen LogP contribution in [0.2, 0.25) is 0 Å². The van der Waals surface area contributed by atoms with E-state index in [2.05, 4.69) is 0 Å². The van der Waals surface area contributed by atoms with Crippen molar-refractivity contribution in [3.05, 3.63) is 35.9 Å². The molecule has 0 heterocycles. The van der Waals surface area contributed by atoms with Gasteiger partial charge in [0.25, 0.3) is 0 Å². The number of aliphatic hydroxyl groups is 1. The Kier molecular flexibility index (Phi) is 4.25. The molecule has 2 unspecified atom stereocenters. The van der Waals surface area contributed by atoms with Gasteiger partial charge in [0.05, 0.1) is 12.5 Å². The smallest absolute Gasteiger partial charge is 0.312 e. The number of esters is 1. The first kappa shape index (κ1) is 14.1. The van der Waals surface area contributed by atoms with Crippen molar-refractivity contribution in [2.75, 3.05) is 6.61 Å². The summed E-state index contributed by atoms with van der Waals surface area (Å²) in [6.45, 7) is 4.08. The second kappa shape index (κ2) is 5.74. The predicted octanol–water partition coefficient (Wildman–Crippen LogP) is 2.87. The third-order valence-corrected chi connectivity index (χ3v) is 3.95. The van der Waals surface area contributed by atoms with E-state index in [1.54, 1.807) is 6.92 Å². The van der Waals surface area contributed by atoms with Crippen LogP contribution in [0.4, 0.5) is 0 Å². The molecule has 1 aliphatic rings. The van der Waals surface area contributed by atoms with E-state index in [0.29, 0.717) is 13.0 Å². The maximum atomic E-state index is 12.1. The van der Waals surface area contributed by atoms with Gasteiger partial charge in [0.15, 0.2) is 0 Å². The monoisotopic (exact) mass is 262 g/mol. The molecule has 1 saturated carbocycles. The minimum absolute atomic E-state index is 0.171. The molecule has 3 heteroatoms. The van der Waals surface area contributed by atoms with Crippen LogP contribution in [0, 0.1) is 11.8 Å². The number of rotatable bonds is 6. The normalized spacial score (nSPS) is 19.5. The molecule has 0 radical (unpaired) electrons. The third-order valence-electron chi connectivity index (χ3n) is 3.95. The summed E-state index contributed by atoms with van der Waals surface area (Å²) in [6, 6.07) is 9.53. The van der Waals surface area contributed by atoms with Gasteiger partial charge in [-0.3, -0.25) is 4.79 Å². The molecule has 0 amide bonds. The summed E-state index contributed by atoms with van der Waals surface area (Å²) in [6.07, 6.45) is 2.53. The Hall–Kier alpha value is -1.35. The summed E-state index contributed by atoms with van der Waals surface area (Å²) in [5.74, 6) is -0.602. The zero-order valence-electron chi connectivity index (χ0n) is 11.6. The summed E-state index contributed by atoms with van der Waals surface area (Å²) in [4.78, 5) is 12.1. The van der Waals surface area contributed by atoms with Crippen molar-refractivity contribution >= 4 is 5.97 Å². The van der Waals surface area contributed by atoms with Gasteiger partial charge < -0.3 is 9.84 Å². The molecular weight excluding hydrogens is 240 g/mol. The third kappa shape index (κ3) is 2.66. The van der Waals surface area contributed by atoms with Crippen LogP contribution in [0.5, 0.6) is 0 Å². The van der Waals surface area contributed by atoms with Crippen LogP contribution < -0.4 is 0 Å². The van der Waals surface area contributed by atoms with E-state index in [1.807, 2.05) is 37.3 Å². The molecule has 19 heavy (non-hydrogen) atoms. The summed E-state index contributed by atoms with van der Waals surface area (Å²) >= 11 is 0. The molecular formula is C16H22O3. The molecule has 0 saturated heterocycles. The van der Waals surface area contributed by atoms with Gasteiger partial charge in [-0.2, -0.15) is 0 Å². The molecule has 2 rings (SSSR count). The van der Waals surface area contributed by atoms with Crippen LogP contribution in [-0.4, -0.2) is 17.7 Å². The van der Waals surface area contributed by atoms with Crippen LogP contribution in [0.15, 0.2) is 30.3 Å². The van der Waals surface area contributed by atoms with Crippen molar-refractivity contribution in [2.24, 2.45) is 11.8 Å². The highest BCUT2D eigenvalue weighted by atomic mass is 16.5. The highest BCUT2D eigenvalue weighted by Crippen LogP contribution is 2.51. The maximum Gasteiger partial charge on any atom is 0.312 e. The minimum Gasteiger partial charge on any atom is -0.466 e. The van der Waals surface area contributed by atoms with E-state index in [9.17, 15) is 9.90 Å². The fraction of sp³-hybridized carbons (Fsp3) is 0.562. The van der Waals surface area contributed by atoms with Crippen molar-refractivity contribution < 1.29 is 14.6 Å². The van der Waals surface area contributed by atoms with Crippen molar-refractivity contribution in [2.45, 2.75) is 38.7 Å². The van der Waals surface area contributed by atoms with Gasteiger partial charge in [-0.25, -0.2) is 0 Å². The number of carbonyl (C=O) groups is 1. The molecule has 1 N–H and O–H groups in total. The molecule has 2 atom stereocenters. The second-order valence-corrected chi connectivity index (χ2v) is 5.18. The van der Waals surface area contributed by atoms with Gasteiger partial charge in [0, 0.05) is 0 Å². The average molecular weight is 262 g/mol. The summed E-state index contributed by atoms with van der Waals surface area (Å²) in [5.41, 5.74) is -0.250. The molecule has 0 aromatic heterocycles. The number of carbonyl (C=O) groups excluding carboxylic acids is 1. The Morgan fingerprint density at radius 3 is 2.47 bits per heavy atom. The number of benzene rings is 1. The largest absolute Gasteiger partial charge is 0.466 e. The zero-order valence-corrected chi connectivity index (χ0v) is 11.6. The molecule has 1 aromatic carbocycles. The minimum atomic E-state index is -1.08. The van der Waals surface area contributed by atoms with E-state index in [1.165, 1.54) is 0 Å². The van der Waals surface area contributed by atoms with Gasteiger partial charge in [0.2, 0.25) is 0 Å². The highest BCUT2D eigenvalue weighted by Gasteiger charge is 2.52. The Bertz CT molecular complexity index is 425. The predicted molar refractivity (Wildman–Crippen MR) is 73.5 cm³/mol. The van der Waals surface area contributed by atoms with E-state index >= 15 is 0 Å². The van der Waals surface area contributed by atoms with Gasteiger partial charge in [-0.15, -0.1) is 0 Å². The zero-order chi connectivity index (χ0) is 13.9. The number of ether oxygens (including phenoxy) is 1. The Balaban J connectivity index is 2.35. The highest BCUT2D eigenvalue weighted by molar-refractivity contribution is 5.74. The van der Waals surface area contributed by atoms with Crippen molar-refractivity contribution in [3.63, 3.8) is 0 Å². The second-order valence-electron chi connectivity index (χ2n) is 5.18. The molecule has 1 aliphatic carbocycles. The van der Waals surface area contributed by atoms with Gasteiger partial charge in [-0.05, 0) is 37.7 Å². The Morgan fingerprint density at radius 2 is 2.00 bits per heavy atom. The molecule has 3 nitrogen and oxygen atoms in total. The summed E-state index contributed by atoms with van der Waals surface area (Å²) in [7, 11) is 0. The first-order chi connectivity index (χ1) is 9.14. The fourth-order valence-electron chi connectivity index (χ4n) is 2.85. The molecule has 1 aromatic rings. The fourth-order valence-corrected chi connectivity index (χ4v) is 2.85. The van der Waals surface area contributed by atoms with Crippen molar-refractivity contribution in [1.29, 1.82) is 0 Å². The van der Waals surface area contributed by atoms with Crippen molar-refractivity contribution in [3.8, 4) is 0 Å². The quantitative estimate of drug-likeness (QED) is 0.802. The first-order valence-electron chi connectivity index (χ1n) is 7.09. The maximum absolute atomic E-state index is 12.1. The topological polar surface area (TPSA) is 46.5 Å². The lowest BCUT2D eigenvalue weighted by Gasteiger charge is -2.35. The van der Waals surface area contributed by atoms with Crippen LogP contribution in [-0.2, 0) is 15.1 Å². The van der Waals surface area contributed by atoms with Crippen LogP contribution in [0.1, 0.15) is 38.7 Å². The van der Waals surface area contributed by atoms with Crippen molar-refractivity contribution in [1.82, 2.24) is 0 Å². The Labute approximate surface area is 114 Å². The lowest BCUT2D eigenvalue weighted by Crippen LogP contribution is -2.42. The summed E-state index contributed by atoms with van der Waals surface area (Å²) in [5, 5.41) is 11.2. The SMILES string of the molecule is CCOC(=O)C(CC)C(O)(c1ccccc1)C1CC1. The lowest BCUT2D eigenvalue weighted by atomic mass is 9.76. The van der Waals surface area contributed by atoms with E-state index in [4.69, 9.17) is 4.74 Å².